The van der Waals surface area contributed by atoms with Crippen molar-refractivity contribution >= 4 is 17.1 Å². The minimum Gasteiger partial charge on any atom is -0.493 e. The van der Waals surface area contributed by atoms with Gasteiger partial charge in [-0.05, 0) is 30.2 Å². The smallest absolute Gasteiger partial charge is 0.295 e. The van der Waals surface area contributed by atoms with E-state index in [4.69, 9.17) is 9.15 Å². The number of para-hydroxylation sites is 3. The molecule has 3 aromatic rings. The average molecular weight is 280 g/mol. The van der Waals surface area contributed by atoms with Crippen molar-refractivity contribution in [2.45, 2.75) is 6.42 Å². The van der Waals surface area contributed by atoms with Gasteiger partial charge in [0.05, 0.1) is 6.61 Å². The molecular formula is C17H16N2O2. The van der Waals surface area contributed by atoms with Crippen LogP contribution in [0, 0.1) is 5.92 Å². The molecule has 0 amide bonds. The van der Waals surface area contributed by atoms with Gasteiger partial charge in [0.1, 0.15) is 11.3 Å². The first kappa shape index (κ1) is 12.3. The number of nitrogens with zero attached hydrogens (tertiary/aromatic N) is 1. The van der Waals surface area contributed by atoms with Crippen molar-refractivity contribution < 1.29 is 9.15 Å². The van der Waals surface area contributed by atoms with Gasteiger partial charge in [-0.3, -0.25) is 0 Å². The van der Waals surface area contributed by atoms with E-state index >= 15 is 0 Å². The Hall–Kier alpha value is -2.49. The lowest BCUT2D eigenvalue weighted by atomic mass is 9.97. The van der Waals surface area contributed by atoms with Crippen molar-refractivity contribution in [2.24, 2.45) is 5.92 Å². The van der Waals surface area contributed by atoms with Crippen LogP contribution in [0.2, 0.25) is 0 Å². The topological polar surface area (TPSA) is 47.3 Å². The lowest BCUT2D eigenvalue weighted by Gasteiger charge is -2.25. The number of oxazole rings is 1. The molecule has 4 rings (SSSR count). The van der Waals surface area contributed by atoms with Crippen molar-refractivity contribution in [3.63, 3.8) is 0 Å². The Labute approximate surface area is 122 Å². The van der Waals surface area contributed by atoms with Crippen LogP contribution in [0.3, 0.4) is 0 Å². The molecule has 1 N–H and O–H groups in total. The zero-order valence-corrected chi connectivity index (χ0v) is 11.6. The van der Waals surface area contributed by atoms with Crippen LogP contribution in [0.1, 0.15) is 5.56 Å². The van der Waals surface area contributed by atoms with Gasteiger partial charge in [0, 0.05) is 12.5 Å². The Morgan fingerprint density at radius 3 is 2.90 bits per heavy atom. The van der Waals surface area contributed by atoms with Crippen LogP contribution in [-0.4, -0.2) is 18.1 Å². The first-order valence-electron chi connectivity index (χ1n) is 7.18. The van der Waals surface area contributed by atoms with E-state index in [1.165, 1.54) is 5.56 Å². The van der Waals surface area contributed by atoms with Crippen molar-refractivity contribution in [1.82, 2.24) is 4.98 Å². The third-order valence-corrected chi connectivity index (χ3v) is 3.79. The molecule has 0 bridgehead atoms. The summed E-state index contributed by atoms with van der Waals surface area (Å²) in [5.41, 5.74) is 2.96. The lowest BCUT2D eigenvalue weighted by molar-refractivity contribution is 0.229. The van der Waals surface area contributed by atoms with Crippen molar-refractivity contribution in [3.05, 3.63) is 54.1 Å². The van der Waals surface area contributed by atoms with Gasteiger partial charge in [0.15, 0.2) is 5.58 Å². The molecule has 0 spiro atoms. The van der Waals surface area contributed by atoms with Gasteiger partial charge >= 0.3 is 0 Å². The normalized spacial score (nSPS) is 17.2. The SMILES string of the molecule is c1ccc2c(c1)C[C@@H](CNc1nc3ccccc3o1)CO2. The minimum atomic E-state index is 0.426. The fourth-order valence-electron chi connectivity index (χ4n) is 2.70. The lowest BCUT2D eigenvalue weighted by Crippen LogP contribution is -2.27. The van der Waals surface area contributed by atoms with E-state index in [-0.39, 0.29) is 0 Å². The molecule has 0 radical (unpaired) electrons. The Morgan fingerprint density at radius 1 is 1.10 bits per heavy atom. The van der Waals surface area contributed by atoms with Gasteiger partial charge < -0.3 is 14.5 Å². The summed E-state index contributed by atoms with van der Waals surface area (Å²) in [4.78, 5) is 4.42. The van der Waals surface area contributed by atoms with Crippen molar-refractivity contribution in [2.75, 3.05) is 18.5 Å². The molecule has 1 aliphatic heterocycles. The molecule has 0 unspecified atom stereocenters. The number of rotatable bonds is 3. The standard InChI is InChI=1S/C17H16N2O2/c1-3-7-15-13(5-1)9-12(11-20-15)10-18-17-19-14-6-2-4-8-16(14)21-17/h1-8,12H,9-11H2,(H,18,19)/t12-/m0/s1. The van der Waals surface area contributed by atoms with Crippen LogP contribution in [0.25, 0.3) is 11.1 Å². The zero-order valence-electron chi connectivity index (χ0n) is 11.6. The van der Waals surface area contributed by atoms with E-state index in [0.717, 1.165) is 36.4 Å². The number of anilines is 1. The number of ether oxygens (including phenoxy) is 1. The second-order valence-corrected chi connectivity index (χ2v) is 5.36. The maximum absolute atomic E-state index is 5.79. The molecule has 1 aromatic heterocycles. The predicted molar refractivity (Wildman–Crippen MR) is 81.6 cm³/mol. The van der Waals surface area contributed by atoms with Crippen LogP contribution in [-0.2, 0) is 6.42 Å². The molecule has 1 aliphatic rings. The number of benzene rings is 2. The minimum absolute atomic E-state index is 0.426. The van der Waals surface area contributed by atoms with Crippen molar-refractivity contribution in [3.8, 4) is 5.75 Å². The van der Waals surface area contributed by atoms with Crippen LogP contribution >= 0.6 is 0 Å². The molecule has 2 aromatic carbocycles. The summed E-state index contributed by atoms with van der Waals surface area (Å²) in [6.07, 6.45) is 1.02. The third-order valence-electron chi connectivity index (χ3n) is 3.79. The number of hydrogen-bond acceptors (Lipinski definition) is 4. The van der Waals surface area contributed by atoms with E-state index < -0.39 is 0 Å². The average Bonchev–Trinajstić information content (AvgIpc) is 2.95. The zero-order chi connectivity index (χ0) is 14.1. The van der Waals surface area contributed by atoms with Gasteiger partial charge in [-0.15, -0.1) is 0 Å². The summed E-state index contributed by atoms with van der Waals surface area (Å²) in [6, 6.07) is 16.6. The third kappa shape index (κ3) is 2.44. The van der Waals surface area contributed by atoms with E-state index in [9.17, 15) is 0 Å². The molecule has 0 aliphatic carbocycles. The van der Waals surface area contributed by atoms with E-state index in [2.05, 4.69) is 22.4 Å². The summed E-state index contributed by atoms with van der Waals surface area (Å²) < 4.78 is 11.5. The molecule has 0 saturated carbocycles. The van der Waals surface area contributed by atoms with Crippen LogP contribution in [0.4, 0.5) is 6.01 Å². The second-order valence-electron chi connectivity index (χ2n) is 5.36. The quantitative estimate of drug-likeness (QED) is 0.797. The first-order valence-corrected chi connectivity index (χ1v) is 7.18. The van der Waals surface area contributed by atoms with Crippen LogP contribution in [0.15, 0.2) is 52.9 Å². The maximum atomic E-state index is 5.79. The van der Waals surface area contributed by atoms with Gasteiger partial charge in [-0.2, -0.15) is 4.98 Å². The summed E-state index contributed by atoms with van der Waals surface area (Å²) >= 11 is 0. The highest BCUT2D eigenvalue weighted by Gasteiger charge is 2.19. The number of hydrogen-bond donors (Lipinski definition) is 1. The Morgan fingerprint density at radius 2 is 1.95 bits per heavy atom. The molecule has 106 valence electrons. The van der Waals surface area contributed by atoms with E-state index in [0.29, 0.717) is 11.9 Å². The Balaban J connectivity index is 1.43. The summed E-state index contributed by atoms with van der Waals surface area (Å²) in [5.74, 6) is 1.44. The first-order chi connectivity index (χ1) is 10.4. The van der Waals surface area contributed by atoms with Gasteiger partial charge in [0.2, 0.25) is 0 Å². The van der Waals surface area contributed by atoms with Crippen molar-refractivity contribution in [1.29, 1.82) is 0 Å². The number of fused-ring (bicyclic) bond motifs is 2. The Kier molecular flexibility index (Phi) is 2.99. The highest BCUT2D eigenvalue weighted by Crippen LogP contribution is 2.27. The van der Waals surface area contributed by atoms with E-state index in [1.54, 1.807) is 0 Å². The highest BCUT2D eigenvalue weighted by atomic mass is 16.5. The molecule has 1 atom stereocenters. The van der Waals surface area contributed by atoms with Gasteiger partial charge in [0.25, 0.3) is 6.01 Å². The fraction of sp³-hybridized carbons (Fsp3) is 0.235. The molecular weight excluding hydrogens is 264 g/mol. The van der Waals surface area contributed by atoms with Crippen LogP contribution in [0.5, 0.6) is 5.75 Å². The highest BCUT2D eigenvalue weighted by molar-refractivity contribution is 5.74. The van der Waals surface area contributed by atoms with Crippen LogP contribution < -0.4 is 10.1 Å². The summed E-state index contributed by atoms with van der Waals surface area (Å²) in [7, 11) is 0. The Bertz CT molecular complexity index is 733. The van der Waals surface area contributed by atoms with Gasteiger partial charge in [-0.1, -0.05) is 30.3 Å². The maximum Gasteiger partial charge on any atom is 0.295 e. The summed E-state index contributed by atoms with van der Waals surface area (Å²) in [5, 5.41) is 3.28. The molecule has 21 heavy (non-hydrogen) atoms. The molecule has 0 fully saturated rings. The predicted octanol–water partition coefficient (Wildman–Crippen LogP) is 3.49. The molecule has 4 heteroatoms. The van der Waals surface area contributed by atoms with E-state index in [1.807, 2.05) is 36.4 Å². The largest absolute Gasteiger partial charge is 0.493 e. The number of nitrogens with one attached hydrogen (secondary N) is 1. The number of aromatic nitrogens is 1. The fourth-order valence-corrected chi connectivity index (χ4v) is 2.70. The second kappa shape index (κ2) is 5.13. The summed E-state index contributed by atoms with van der Waals surface area (Å²) in [6.45, 7) is 1.52. The molecule has 2 heterocycles. The molecule has 0 saturated heterocycles. The van der Waals surface area contributed by atoms with Gasteiger partial charge in [-0.25, -0.2) is 0 Å². The molecule has 4 nitrogen and oxygen atoms in total. The monoisotopic (exact) mass is 280 g/mol.